The van der Waals surface area contributed by atoms with Gasteiger partial charge < -0.3 is 10.4 Å². The van der Waals surface area contributed by atoms with Crippen LogP contribution in [0.1, 0.15) is 36.8 Å². The van der Waals surface area contributed by atoms with Crippen LogP contribution in [0, 0.1) is 12.3 Å². The SMILES string of the molecule is C#Cc1ccc(C(=O)N[C@H](C)C(C)(C)O)nc1. The Labute approximate surface area is 101 Å². The van der Waals surface area contributed by atoms with Crippen molar-refractivity contribution in [1.82, 2.24) is 10.3 Å². The number of rotatable bonds is 3. The molecule has 1 aromatic heterocycles. The van der Waals surface area contributed by atoms with Gasteiger partial charge in [-0.2, -0.15) is 0 Å². The molecule has 1 rings (SSSR count). The molecule has 1 amide bonds. The summed E-state index contributed by atoms with van der Waals surface area (Å²) in [5.74, 6) is 2.09. The van der Waals surface area contributed by atoms with Crippen molar-refractivity contribution in [2.45, 2.75) is 32.4 Å². The number of pyridine rings is 1. The van der Waals surface area contributed by atoms with E-state index in [1.165, 1.54) is 6.20 Å². The monoisotopic (exact) mass is 232 g/mol. The maximum atomic E-state index is 11.8. The van der Waals surface area contributed by atoms with E-state index in [9.17, 15) is 9.90 Å². The van der Waals surface area contributed by atoms with Crippen LogP contribution in [0.25, 0.3) is 0 Å². The first kappa shape index (κ1) is 13.2. The van der Waals surface area contributed by atoms with Gasteiger partial charge in [0.1, 0.15) is 5.69 Å². The fraction of sp³-hybridized carbons (Fsp3) is 0.385. The average molecular weight is 232 g/mol. The van der Waals surface area contributed by atoms with Gasteiger partial charge in [0.2, 0.25) is 0 Å². The van der Waals surface area contributed by atoms with E-state index in [2.05, 4.69) is 16.2 Å². The van der Waals surface area contributed by atoms with Crippen LogP contribution >= 0.6 is 0 Å². The normalized spacial score (nSPS) is 12.6. The molecule has 0 saturated carbocycles. The molecule has 2 N–H and O–H groups in total. The average Bonchev–Trinajstić information content (AvgIpc) is 2.27. The molecule has 0 fully saturated rings. The number of aromatic nitrogens is 1. The molecule has 4 nitrogen and oxygen atoms in total. The van der Waals surface area contributed by atoms with E-state index in [4.69, 9.17) is 6.42 Å². The predicted octanol–water partition coefficient (Wildman–Crippen LogP) is 0.952. The number of amides is 1. The summed E-state index contributed by atoms with van der Waals surface area (Å²) in [4.78, 5) is 15.7. The first-order valence-corrected chi connectivity index (χ1v) is 5.30. The maximum Gasteiger partial charge on any atom is 0.270 e. The van der Waals surface area contributed by atoms with Gasteiger partial charge in [0.15, 0.2) is 0 Å². The molecule has 0 unspecified atom stereocenters. The molecule has 0 aliphatic heterocycles. The largest absolute Gasteiger partial charge is 0.388 e. The Morgan fingerprint density at radius 2 is 2.24 bits per heavy atom. The van der Waals surface area contributed by atoms with Crippen LogP contribution in [0.5, 0.6) is 0 Å². The summed E-state index contributed by atoms with van der Waals surface area (Å²) in [6, 6.07) is 2.84. The molecule has 1 heterocycles. The van der Waals surface area contributed by atoms with E-state index in [0.29, 0.717) is 5.56 Å². The van der Waals surface area contributed by atoms with E-state index >= 15 is 0 Å². The van der Waals surface area contributed by atoms with Gasteiger partial charge in [-0.15, -0.1) is 6.42 Å². The molecule has 90 valence electrons. The summed E-state index contributed by atoms with van der Waals surface area (Å²) in [5, 5.41) is 12.4. The number of nitrogens with one attached hydrogen (secondary N) is 1. The van der Waals surface area contributed by atoms with Crippen LogP contribution in [0.2, 0.25) is 0 Å². The summed E-state index contributed by atoms with van der Waals surface area (Å²) >= 11 is 0. The van der Waals surface area contributed by atoms with Crippen molar-refractivity contribution >= 4 is 5.91 Å². The standard InChI is InChI=1S/C13H16N2O2/c1-5-10-6-7-11(14-8-10)12(16)15-9(2)13(3,4)17/h1,6-9,17H,2-4H3,(H,15,16)/t9-/m1/s1. The van der Waals surface area contributed by atoms with Crippen molar-refractivity contribution in [2.75, 3.05) is 0 Å². The van der Waals surface area contributed by atoms with Crippen LogP contribution < -0.4 is 5.32 Å². The van der Waals surface area contributed by atoms with Crippen LogP contribution in [0.3, 0.4) is 0 Å². The van der Waals surface area contributed by atoms with E-state index in [1.807, 2.05) is 0 Å². The Bertz CT molecular complexity index is 438. The van der Waals surface area contributed by atoms with Gasteiger partial charge >= 0.3 is 0 Å². The van der Waals surface area contributed by atoms with E-state index in [1.54, 1.807) is 32.9 Å². The third kappa shape index (κ3) is 3.58. The van der Waals surface area contributed by atoms with Crippen molar-refractivity contribution in [2.24, 2.45) is 0 Å². The molecule has 0 aliphatic rings. The van der Waals surface area contributed by atoms with Gasteiger partial charge in [0.05, 0.1) is 11.6 Å². The molecule has 1 atom stereocenters. The zero-order valence-electron chi connectivity index (χ0n) is 10.2. The summed E-state index contributed by atoms with van der Waals surface area (Å²) < 4.78 is 0. The van der Waals surface area contributed by atoms with Gasteiger partial charge in [-0.25, -0.2) is 4.98 Å². The second kappa shape index (κ2) is 4.98. The Hall–Kier alpha value is -1.86. The zero-order valence-corrected chi connectivity index (χ0v) is 10.2. The highest BCUT2D eigenvalue weighted by atomic mass is 16.3. The molecule has 0 radical (unpaired) electrons. The summed E-state index contributed by atoms with van der Waals surface area (Å²) in [7, 11) is 0. The molecule has 0 aromatic carbocycles. The number of carbonyl (C=O) groups excluding carboxylic acids is 1. The van der Waals surface area contributed by atoms with Gasteiger partial charge in [-0.1, -0.05) is 5.92 Å². The molecule has 17 heavy (non-hydrogen) atoms. The lowest BCUT2D eigenvalue weighted by Crippen LogP contribution is -2.47. The number of hydrogen-bond donors (Lipinski definition) is 2. The van der Waals surface area contributed by atoms with Crippen LogP contribution in [0.15, 0.2) is 18.3 Å². The number of hydrogen-bond acceptors (Lipinski definition) is 3. The van der Waals surface area contributed by atoms with Gasteiger partial charge in [-0.3, -0.25) is 4.79 Å². The van der Waals surface area contributed by atoms with E-state index in [0.717, 1.165) is 0 Å². The molecular weight excluding hydrogens is 216 g/mol. The Morgan fingerprint density at radius 3 is 2.65 bits per heavy atom. The lowest BCUT2D eigenvalue weighted by Gasteiger charge is -2.26. The fourth-order valence-electron chi connectivity index (χ4n) is 1.06. The Kier molecular flexibility index (Phi) is 3.87. The topological polar surface area (TPSA) is 62.2 Å². The van der Waals surface area contributed by atoms with Crippen molar-refractivity contribution < 1.29 is 9.90 Å². The minimum absolute atomic E-state index is 0.278. The second-order valence-corrected chi connectivity index (χ2v) is 4.43. The maximum absolute atomic E-state index is 11.8. The highest BCUT2D eigenvalue weighted by Crippen LogP contribution is 2.08. The minimum atomic E-state index is -0.978. The van der Waals surface area contributed by atoms with Crippen LogP contribution in [-0.4, -0.2) is 27.6 Å². The fourth-order valence-corrected chi connectivity index (χ4v) is 1.06. The number of carbonyl (C=O) groups is 1. The van der Waals surface area contributed by atoms with Crippen molar-refractivity contribution in [3.63, 3.8) is 0 Å². The molecule has 0 aliphatic carbocycles. The number of nitrogens with zero attached hydrogens (tertiary/aromatic N) is 1. The molecular formula is C13H16N2O2. The predicted molar refractivity (Wildman–Crippen MR) is 65.4 cm³/mol. The number of aliphatic hydroxyl groups is 1. The van der Waals surface area contributed by atoms with E-state index < -0.39 is 5.60 Å². The van der Waals surface area contributed by atoms with Gasteiger partial charge in [-0.05, 0) is 32.9 Å². The molecule has 0 spiro atoms. The van der Waals surface area contributed by atoms with E-state index in [-0.39, 0.29) is 17.6 Å². The minimum Gasteiger partial charge on any atom is -0.388 e. The lowest BCUT2D eigenvalue weighted by atomic mass is 10.0. The van der Waals surface area contributed by atoms with Gasteiger partial charge in [0.25, 0.3) is 5.91 Å². The highest BCUT2D eigenvalue weighted by Gasteiger charge is 2.24. The number of terminal acetylenes is 1. The van der Waals surface area contributed by atoms with Crippen molar-refractivity contribution in [3.8, 4) is 12.3 Å². The van der Waals surface area contributed by atoms with Crippen LogP contribution in [0.4, 0.5) is 0 Å². The molecule has 0 bridgehead atoms. The molecule has 0 saturated heterocycles. The zero-order chi connectivity index (χ0) is 13.1. The van der Waals surface area contributed by atoms with Crippen LogP contribution in [-0.2, 0) is 0 Å². The Morgan fingerprint density at radius 1 is 1.59 bits per heavy atom. The second-order valence-electron chi connectivity index (χ2n) is 4.43. The summed E-state index contributed by atoms with van der Waals surface area (Å²) in [6.07, 6.45) is 6.65. The summed E-state index contributed by atoms with van der Waals surface area (Å²) in [6.45, 7) is 4.99. The summed E-state index contributed by atoms with van der Waals surface area (Å²) in [5.41, 5.74) is -0.0776. The molecule has 4 heteroatoms. The first-order chi connectivity index (χ1) is 7.84. The molecule has 1 aromatic rings. The lowest BCUT2D eigenvalue weighted by molar-refractivity contribution is 0.0407. The van der Waals surface area contributed by atoms with Crippen molar-refractivity contribution in [3.05, 3.63) is 29.6 Å². The van der Waals surface area contributed by atoms with Gasteiger partial charge in [0, 0.05) is 11.8 Å². The van der Waals surface area contributed by atoms with Crippen molar-refractivity contribution in [1.29, 1.82) is 0 Å². The first-order valence-electron chi connectivity index (χ1n) is 5.30. The highest BCUT2D eigenvalue weighted by molar-refractivity contribution is 5.92. The third-order valence-electron chi connectivity index (χ3n) is 2.57. The third-order valence-corrected chi connectivity index (χ3v) is 2.57. The smallest absolute Gasteiger partial charge is 0.270 e. The quantitative estimate of drug-likeness (QED) is 0.763. The Balaban J connectivity index is 2.74.